The van der Waals surface area contributed by atoms with Crippen molar-refractivity contribution in [2.24, 2.45) is 4.99 Å². The molecule has 0 aromatic heterocycles. The summed E-state index contributed by atoms with van der Waals surface area (Å²) in [5.41, 5.74) is 2.11. The minimum Gasteiger partial charge on any atom is -0.497 e. The Labute approximate surface area is 171 Å². The molecule has 0 bridgehead atoms. The van der Waals surface area contributed by atoms with Gasteiger partial charge >= 0.3 is 0 Å². The van der Waals surface area contributed by atoms with Crippen LogP contribution < -0.4 is 20.7 Å². The predicted octanol–water partition coefficient (Wildman–Crippen LogP) is 2.76. The smallest absolute Gasteiger partial charge is 0.222 e. The zero-order chi connectivity index (χ0) is 20.2. The molecule has 0 unspecified atom stereocenters. The minimum absolute atomic E-state index is 0.00294. The third-order valence-corrected chi connectivity index (χ3v) is 4.50. The first-order valence-electron chi connectivity index (χ1n) is 9.20. The number of ether oxygens (including phenoxy) is 1. The molecule has 3 N–H and O–H groups in total. The zero-order valence-corrected chi connectivity index (χ0v) is 17.1. The highest BCUT2D eigenvalue weighted by molar-refractivity contribution is 6.31. The molecule has 0 aliphatic heterocycles. The third kappa shape index (κ3) is 7.48. The third-order valence-electron chi connectivity index (χ3n) is 4.15. The number of nitrogens with one attached hydrogen (secondary N) is 3. The lowest BCUT2D eigenvalue weighted by Crippen LogP contribution is -2.40. The molecule has 0 saturated heterocycles. The maximum absolute atomic E-state index is 11.9. The Bertz CT molecular complexity index is 781. The Morgan fingerprint density at radius 3 is 2.50 bits per heavy atom. The van der Waals surface area contributed by atoms with Crippen LogP contribution in [0.25, 0.3) is 0 Å². The molecule has 0 radical (unpaired) electrons. The normalized spacial score (nSPS) is 11.0. The second kappa shape index (κ2) is 11.9. The molecular weight excluding hydrogens is 376 g/mol. The van der Waals surface area contributed by atoms with Crippen molar-refractivity contribution >= 4 is 23.5 Å². The number of rotatable bonds is 9. The summed E-state index contributed by atoms with van der Waals surface area (Å²) < 4.78 is 5.15. The van der Waals surface area contributed by atoms with Gasteiger partial charge in [0.2, 0.25) is 5.91 Å². The summed E-state index contributed by atoms with van der Waals surface area (Å²) in [6.45, 7) is 1.71. The lowest BCUT2D eigenvalue weighted by molar-refractivity contribution is -0.121. The van der Waals surface area contributed by atoms with Crippen LogP contribution in [0.15, 0.2) is 53.5 Å². The van der Waals surface area contributed by atoms with E-state index in [-0.39, 0.29) is 5.91 Å². The fourth-order valence-corrected chi connectivity index (χ4v) is 2.84. The second-order valence-electron chi connectivity index (χ2n) is 6.15. The average molecular weight is 403 g/mol. The van der Waals surface area contributed by atoms with E-state index in [2.05, 4.69) is 20.9 Å². The Morgan fingerprint density at radius 2 is 1.82 bits per heavy atom. The molecule has 0 atom stereocenters. The number of guanidine groups is 1. The molecule has 0 fully saturated rings. The van der Waals surface area contributed by atoms with Gasteiger partial charge in [-0.3, -0.25) is 9.79 Å². The van der Waals surface area contributed by atoms with Gasteiger partial charge in [-0.25, -0.2) is 0 Å². The summed E-state index contributed by atoms with van der Waals surface area (Å²) in [5, 5.41) is 9.95. The highest BCUT2D eigenvalue weighted by Gasteiger charge is 2.05. The summed E-state index contributed by atoms with van der Waals surface area (Å²) in [4.78, 5) is 16.1. The summed E-state index contributed by atoms with van der Waals surface area (Å²) in [7, 11) is 3.32. The number of hydrogen-bond acceptors (Lipinski definition) is 3. The first kappa shape index (κ1) is 21.6. The van der Waals surface area contributed by atoms with Crippen molar-refractivity contribution in [3.63, 3.8) is 0 Å². The SMILES string of the molecule is CN=C(NCCC(=O)NCc1ccccc1)NCCc1ccc(OC)cc1Cl. The largest absolute Gasteiger partial charge is 0.497 e. The molecular formula is C21H27ClN4O2. The van der Waals surface area contributed by atoms with Crippen molar-refractivity contribution in [2.45, 2.75) is 19.4 Å². The van der Waals surface area contributed by atoms with Crippen LogP contribution in [-0.2, 0) is 17.8 Å². The van der Waals surface area contributed by atoms with Crippen molar-refractivity contribution in [3.8, 4) is 5.75 Å². The first-order chi connectivity index (χ1) is 13.6. The van der Waals surface area contributed by atoms with Crippen LogP contribution in [-0.4, -0.2) is 39.1 Å². The van der Waals surface area contributed by atoms with Crippen LogP contribution in [0.3, 0.4) is 0 Å². The Kier molecular flexibility index (Phi) is 9.15. The Morgan fingerprint density at radius 1 is 1.07 bits per heavy atom. The van der Waals surface area contributed by atoms with Crippen molar-refractivity contribution < 1.29 is 9.53 Å². The lowest BCUT2D eigenvalue weighted by atomic mass is 10.1. The molecule has 0 saturated carbocycles. The van der Waals surface area contributed by atoms with E-state index in [1.807, 2.05) is 42.5 Å². The number of nitrogens with zero attached hydrogens (tertiary/aromatic N) is 1. The highest BCUT2D eigenvalue weighted by atomic mass is 35.5. The van der Waals surface area contributed by atoms with Crippen LogP contribution >= 0.6 is 11.6 Å². The lowest BCUT2D eigenvalue weighted by Gasteiger charge is -2.13. The molecule has 6 nitrogen and oxygen atoms in total. The van der Waals surface area contributed by atoms with Crippen LogP contribution in [0.4, 0.5) is 0 Å². The summed E-state index contributed by atoms with van der Waals surface area (Å²) in [6.07, 6.45) is 1.12. The van der Waals surface area contributed by atoms with E-state index in [1.54, 1.807) is 20.2 Å². The molecule has 0 aliphatic carbocycles. The van der Waals surface area contributed by atoms with E-state index in [9.17, 15) is 4.79 Å². The second-order valence-corrected chi connectivity index (χ2v) is 6.55. The van der Waals surface area contributed by atoms with Gasteiger partial charge < -0.3 is 20.7 Å². The molecule has 150 valence electrons. The number of benzene rings is 2. The van der Waals surface area contributed by atoms with E-state index in [1.165, 1.54) is 0 Å². The molecule has 1 amide bonds. The molecule has 0 aliphatic rings. The zero-order valence-electron chi connectivity index (χ0n) is 16.3. The topological polar surface area (TPSA) is 74.8 Å². The molecule has 7 heteroatoms. The molecule has 2 aromatic carbocycles. The van der Waals surface area contributed by atoms with Gasteiger partial charge in [-0.15, -0.1) is 0 Å². The monoisotopic (exact) mass is 402 g/mol. The molecule has 28 heavy (non-hydrogen) atoms. The Balaban J connectivity index is 1.65. The summed E-state index contributed by atoms with van der Waals surface area (Å²) in [6, 6.07) is 15.5. The maximum atomic E-state index is 11.9. The molecule has 2 aromatic rings. The van der Waals surface area contributed by atoms with Crippen LogP contribution in [0.5, 0.6) is 5.75 Å². The molecule has 0 spiro atoms. The summed E-state index contributed by atoms with van der Waals surface area (Å²) in [5.74, 6) is 1.39. The van der Waals surface area contributed by atoms with Gasteiger partial charge in [0.15, 0.2) is 5.96 Å². The van der Waals surface area contributed by atoms with Gasteiger partial charge in [0.25, 0.3) is 0 Å². The fraction of sp³-hybridized carbons (Fsp3) is 0.333. The quantitative estimate of drug-likeness (QED) is 0.445. The predicted molar refractivity (Wildman–Crippen MR) is 114 cm³/mol. The van der Waals surface area contributed by atoms with E-state index >= 15 is 0 Å². The standard InChI is InChI=1S/C21H27ClN4O2/c1-23-21(24-12-10-17-8-9-18(28-2)14-19(17)22)25-13-11-20(27)26-15-16-6-4-3-5-7-16/h3-9,14H,10-13,15H2,1-2H3,(H,26,27)(H2,23,24,25). The Hall–Kier alpha value is -2.73. The van der Waals surface area contributed by atoms with Crippen molar-refractivity contribution in [2.75, 3.05) is 27.2 Å². The van der Waals surface area contributed by atoms with Gasteiger partial charge in [-0.05, 0) is 29.7 Å². The number of methoxy groups -OCH3 is 1. The summed E-state index contributed by atoms with van der Waals surface area (Å²) >= 11 is 6.25. The highest BCUT2D eigenvalue weighted by Crippen LogP contribution is 2.22. The average Bonchev–Trinajstić information content (AvgIpc) is 2.72. The van der Waals surface area contributed by atoms with Gasteiger partial charge in [0, 0.05) is 38.1 Å². The van der Waals surface area contributed by atoms with Gasteiger partial charge in [0.1, 0.15) is 5.75 Å². The van der Waals surface area contributed by atoms with Crippen molar-refractivity contribution in [1.29, 1.82) is 0 Å². The van der Waals surface area contributed by atoms with Gasteiger partial charge in [-0.2, -0.15) is 0 Å². The minimum atomic E-state index is -0.00294. The number of carbonyl (C=O) groups is 1. The fourth-order valence-electron chi connectivity index (χ4n) is 2.57. The maximum Gasteiger partial charge on any atom is 0.222 e. The van der Waals surface area contributed by atoms with E-state index < -0.39 is 0 Å². The van der Waals surface area contributed by atoms with E-state index in [0.29, 0.717) is 37.0 Å². The number of aliphatic imine (C=N–C) groups is 1. The molecule has 0 heterocycles. The number of amides is 1. The van der Waals surface area contributed by atoms with Crippen LogP contribution in [0.1, 0.15) is 17.5 Å². The van der Waals surface area contributed by atoms with Crippen LogP contribution in [0, 0.1) is 0 Å². The van der Waals surface area contributed by atoms with Crippen molar-refractivity contribution in [1.82, 2.24) is 16.0 Å². The number of hydrogen-bond donors (Lipinski definition) is 3. The van der Waals surface area contributed by atoms with Crippen LogP contribution in [0.2, 0.25) is 5.02 Å². The number of carbonyl (C=O) groups excluding carboxylic acids is 1. The number of halogens is 1. The van der Waals surface area contributed by atoms with E-state index in [4.69, 9.17) is 16.3 Å². The van der Waals surface area contributed by atoms with Gasteiger partial charge in [0.05, 0.1) is 7.11 Å². The molecule has 2 rings (SSSR count). The first-order valence-corrected chi connectivity index (χ1v) is 9.57. The van der Waals surface area contributed by atoms with Gasteiger partial charge in [-0.1, -0.05) is 48.0 Å². The van der Waals surface area contributed by atoms with E-state index in [0.717, 1.165) is 23.3 Å². The van der Waals surface area contributed by atoms with Crippen molar-refractivity contribution in [3.05, 3.63) is 64.7 Å².